The normalized spacial score (nSPS) is 18.4. The summed E-state index contributed by atoms with van der Waals surface area (Å²) in [6.45, 7) is 1.90. The second kappa shape index (κ2) is 10.9. The molecule has 3 rings (SSSR count). The summed E-state index contributed by atoms with van der Waals surface area (Å²) in [5.74, 6) is 0.272. The molecular formula is C22H26ClF6N5O. The number of aryl methyl sites for hydroxylation is 1. The van der Waals surface area contributed by atoms with Crippen molar-refractivity contribution in [1.82, 2.24) is 15.3 Å². The zero-order valence-corrected chi connectivity index (χ0v) is 20.0. The van der Waals surface area contributed by atoms with E-state index in [0.717, 1.165) is 11.4 Å². The van der Waals surface area contributed by atoms with Crippen LogP contribution in [0.4, 0.5) is 38.1 Å². The first-order valence-corrected chi connectivity index (χ1v) is 10.6. The first-order chi connectivity index (χ1) is 15.7. The van der Waals surface area contributed by atoms with E-state index in [0.29, 0.717) is 43.8 Å². The van der Waals surface area contributed by atoms with E-state index in [1.807, 2.05) is 25.9 Å². The highest BCUT2D eigenvalue weighted by molar-refractivity contribution is 5.94. The van der Waals surface area contributed by atoms with Gasteiger partial charge in [-0.15, -0.1) is 12.4 Å². The van der Waals surface area contributed by atoms with Crippen molar-refractivity contribution in [3.63, 3.8) is 0 Å². The van der Waals surface area contributed by atoms with Gasteiger partial charge in [-0.2, -0.15) is 31.3 Å². The molecule has 0 saturated heterocycles. The molecule has 1 aromatic heterocycles. The molecule has 1 aliphatic carbocycles. The summed E-state index contributed by atoms with van der Waals surface area (Å²) in [5.41, 5.74) is -2.79. The Morgan fingerprint density at radius 1 is 0.943 bits per heavy atom. The quantitative estimate of drug-likeness (QED) is 0.507. The lowest BCUT2D eigenvalue weighted by molar-refractivity contribution is -0.143. The van der Waals surface area contributed by atoms with Crippen LogP contribution in [0, 0.1) is 6.92 Å². The second-order valence-corrected chi connectivity index (χ2v) is 8.56. The molecule has 0 bridgehead atoms. The van der Waals surface area contributed by atoms with Crippen LogP contribution in [0.15, 0.2) is 24.4 Å². The maximum absolute atomic E-state index is 13.1. The number of benzene rings is 1. The van der Waals surface area contributed by atoms with Crippen LogP contribution >= 0.6 is 12.4 Å². The highest BCUT2D eigenvalue weighted by Crippen LogP contribution is 2.36. The van der Waals surface area contributed by atoms with Crippen LogP contribution in [0.3, 0.4) is 0 Å². The minimum atomic E-state index is -5.01. The summed E-state index contributed by atoms with van der Waals surface area (Å²) in [7, 11) is 3.74. The lowest BCUT2D eigenvalue weighted by atomic mass is 9.91. The van der Waals surface area contributed by atoms with E-state index in [1.165, 1.54) is 0 Å². The third-order valence-corrected chi connectivity index (χ3v) is 5.61. The van der Waals surface area contributed by atoms with Crippen LogP contribution in [-0.2, 0) is 12.4 Å². The SMILES string of the molecule is Cc1cnc(NC2CCC(NC(=O)c3cc(C(F)(F)F)cc(C(F)(F)F)c3)CC2)nc1N(C)C.Cl. The number of carbonyl (C=O) groups is 1. The maximum Gasteiger partial charge on any atom is 0.416 e. The average Bonchev–Trinajstić information content (AvgIpc) is 2.74. The van der Waals surface area contributed by atoms with E-state index in [1.54, 1.807) is 6.20 Å². The van der Waals surface area contributed by atoms with Crippen molar-refractivity contribution in [3.05, 3.63) is 46.6 Å². The van der Waals surface area contributed by atoms with Gasteiger partial charge in [0.05, 0.1) is 11.1 Å². The Bertz CT molecular complexity index is 1000. The molecule has 13 heteroatoms. The van der Waals surface area contributed by atoms with Gasteiger partial charge in [0.15, 0.2) is 0 Å². The molecule has 35 heavy (non-hydrogen) atoms. The Labute approximate surface area is 204 Å². The molecule has 6 nitrogen and oxygen atoms in total. The van der Waals surface area contributed by atoms with Crippen LogP contribution in [0.5, 0.6) is 0 Å². The Balaban J connectivity index is 0.00000432. The largest absolute Gasteiger partial charge is 0.416 e. The van der Waals surface area contributed by atoms with Gasteiger partial charge in [-0.1, -0.05) is 0 Å². The molecule has 1 heterocycles. The van der Waals surface area contributed by atoms with E-state index < -0.39 is 35.0 Å². The summed E-state index contributed by atoms with van der Waals surface area (Å²) in [6, 6.07) is 0.536. The number of nitrogens with one attached hydrogen (secondary N) is 2. The van der Waals surface area contributed by atoms with Crippen LogP contribution in [0.1, 0.15) is 52.7 Å². The molecule has 0 radical (unpaired) electrons. The Morgan fingerprint density at radius 2 is 1.46 bits per heavy atom. The molecule has 2 N–H and O–H groups in total. The van der Waals surface area contributed by atoms with Crippen molar-refractivity contribution in [3.8, 4) is 0 Å². The summed E-state index contributed by atoms with van der Waals surface area (Å²) in [4.78, 5) is 23.1. The minimum absolute atomic E-state index is 0. The number of aromatic nitrogens is 2. The molecule has 1 aliphatic rings. The number of anilines is 2. The predicted octanol–water partition coefficient (Wildman–Crippen LogP) is 5.46. The molecule has 0 aliphatic heterocycles. The van der Waals surface area contributed by atoms with E-state index in [9.17, 15) is 31.1 Å². The molecule has 0 spiro atoms. The third-order valence-electron chi connectivity index (χ3n) is 5.61. The molecule has 1 aromatic carbocycles. The van der Waals surface area contributed by atoms with Gasteiger partial charge in [0.2, 0.25) is 5.95 Å². The van der Waals surface area contributed by atoms with Gasteiger partial charge in [-0.05, 0) is 50.8 Å². The summed E-state index contributed by atoms with van der Waals surface area (Å²) < 4.78 is 78.3. The molecule has 0 unspecified atom stereocenters. The van der Waals surface area contributed by atoms with Crippen molar-refractivity contribution in [2.24, 2.45) is 0 Å². The van der Waals surface area contributed by atoms with Crippen molar-refractivity contribution >= 4 is 30.1 Å². The fourth-order valence-corrected chi connectivity index (χ4v) is 3.87. The van der Waals surface area contributed by atoms with Crippen molar-refractivity contribution < 1.29 is 31.1 Å². The van der Waals surface area contributed by atoms with Gasteiger partial charge >= 0.3 is 12.4 Å². The zero-order chi connectivity index (χ0) is 25.3. The number of amides is 1. The van der Waals surface area contributed by atoms with E-state index in [2.05, 4.69) is 20.6 Å². The number of rotatable bonds is 5. The Morgan fingerprint density at radius 3 is 1.94 bits per heavy atom. The number of carbonyl (C=O) groups excluding carboxylic acids is 1. The highest BCUT2D eigenvalue weighted by Gasteiger charge is 2.37. The molecule has 1 amide bonds. The van der Waals surface area contributed by atoms with Gasteiger partial charge < -0.3 is 15.5 Å². The molecule has 1 saturated carbocycles. The minimum Gasteiger partial charge on any atom is -0.362 e. The smallest absolute Gasteiger partial charge is 0.362 e. The summed E-state index contributed by atoms with van der Waals surface area (Å²) in [5, 5.41) is 5.81. The number of nitrogens with zero attached hydrogens (tertiary/aromatic N) is 3. The fourth-order valence-electron chi connectivity index (χ4n) is 3.87. The molecule has 194 valence electrons. The Kier molecular flexibility index (Phi) is 8.85. The van der Waals surface area contributed by atoms with E-state index in [4.69, 9.17) is 0 Å². The van der Waals surface area contributed by atoms with Gasteiger partial charge in [0, 0.05) is 43.5 Å². The summed E-state index contributed by atoms with van der Waals surface area (Å²) in [6.07, 6.45) is -6.07. The van der Waals surface area contributed by atoms with Crippen LogP contribution in [0.25, 0.3) is 0 Å². The molecule has 2 aromatic rings. The lowest BCUT2D eigenvalue weighted by Gasteiger charge is -2.30. The number of alkyl halides is 6. The van der Waals surface area contributed by atoms with Crippen LogP contribution in [-0.4, -0.2) is 42.1 Å². The summed E-state index contributed by atoms with van der Waals surface area (Å²) >= 11 is 0. The van der Waals surface area contributed by atoms with Crippen molar-refractivity contribution in [1.29, 1.82) is 0 Å². The van der Waals surface area contributed by atoms with Crippen LogP contribution < -0.4 is 15.5 Å². The van der Waals surface area contributed by atoms with Gasteiger partial charge in [0.25, 0.3) is 5.91 Å². The third kappa shape index (κ3) is 7.36. The molecular weight excluding hydrogens is 500 g/mol. The molecule has 0 atom stereocenters. The van der Waals surface area contributed by atoms with Gasteiger partial charge in [0.1, 0.15) is 5.82 Å². The van der Waals surface area contributed by atoms with Crippen molar-refractivity contribution in [2.75, 3.05) is 24.3 Å². The Hall–Kier alpha value is -2.76. The average molecular weight is 526 g/mol. The molecule has 1 fully saturated rings. The van der Waals surface area contributed by atoms with E-state index >= 15 is 0 Å². The fraction of sp³-hybridized carbons (Fsp3) is 0.500. The monoisotopic (exact) mass is 525 g/mol. The number of hydrogen-bond donors (Lipinski definition) is 2. The maximum atomic E-state index is 13.1. The first kappa shape index (κ1) is 28.5. The van der Waals surface area contributed by atoms with Crippen LogP contribution in [0.2, 0.25) is 0 Å². The van der Waals surface area contributed by atoms with Gasteiger partial charge in [-0.25, -0.2) is 4.98 Å². The predicted molar refractivity (Wildman–Crippen MR) is 122 cm³/mol. The van der Waals surface area contributed by atoms with E-state index in [-0.39, 0.29) is 30.6 Å². The second-order valence-electron chi connectivity index (χ2n) is 8.56. The zero-order valence-electron chi connectivity index (χ0n) is 19.2. The topological polar surface area (TPSA) is 70.1 Å². The highest BCUT2D eigenvalue weighted by atomic mass is 35.5. The lowest BCUT2D eigenvalue weighted by Crippen LogP contribution is -2.40. The number of halogens is 7. The van der Waals surface area contributed by atoms with Gasteiger partial charge in [-0.3, -0.25) is 4.79 Å². The first-order valence-electron chi connectivity index (χ1n) is 10.6. The standard InChI is InChI=1S/C22H25F6N5O.ClH/c1-12-11-29-20(32-18(12)33(2)3)31-17-6-4-16(5-7-17)30-19(34)13-8-14(21(23,24)25)10-15(9-13)22(26,27)28;/h8-11,16-17H,4-7H2,1-3H3,(H,30,34)(H,29,31,32);1H. The van der Waals surface area contributed by atoms with Crippen molar-refractivity contribution in [2.45, 2.75) is 57.0 Å². The number of hydrogen-bond acceptors (Lipinski definition) is 5.